The molecule has 2 aromatic carbocycles. The quantitative estimate of drug-likeness (QED) is 0.739. The van der Waals surface area contributed by atoms with Crippen LogP contribution in [0, 0.1) is 6.92 Å². The van der Waals surface area contributed by atoms with Crippen molar-refractivity contribution in [2.45, 2.75) is 13.5 Å². The van der Waals surface area contributed by atoms with E-state index >= 15 is 0 Å². The molecule has 0 bridgehead atoms. The van der Waals surface area contributed by atoms with Gasteiger partial charge in [-0.15, -0.1) is 0 Å². The van der Waals surface area contributed by atoms with Crippen molar-refractivity contribution in [2.75, 3.05) is 10.6 Å². The van der Waals surface area contributed by atoms with E-state index in [1.807, 2.05) is 73.7 Å². The molecule has 0 radical (unpaired) electrons. The lowest BCUT2D eigenvalue weighted by Crippen LogP contribution is -2.11. The van der Waals surface area contributed by atoms with Gasteiger partial charge in [0.25, 0.3) is 5.91 Å². The number of anilines is 2. The highest BCUT2D eigenvalue weighted by molar-refractivity contribution is 6.04. The van der Waals surface area contributed by atoms with Crippen molar-refractivity contribution in [1.29, 1.82) is 0 Å². The molecule has 1 heterocycles. The van der Waals surface area contributed by atoms with Gasteiger partial charge in [0.2, 0.25) is 0 Å². The van der Waals surface area contributed by atoms with Crippen molar-refractivity contribution < 1.29 is 4.79 Å². The highest BCUT2D eigenvalue weighted by atomic mass is 16.1. The Kier molecular flexibility index (Phi) is 4.87. The molecule has 0 aliphatic rings. The molecular formula is C20H19N3O. The Morgan fingerprint density at radius 2 is 1.62 bits per heavy atom. The zero-order valence-corrected chi connectivity index (χ0v) is 13.5. The first-order valence-corrected chi connectivity index (χ1v) is 7.82. The zero-order valence-electron chi connectivity index (χ0n) is 13.5. The zero-order chi connectivity index (χ0) is 16.8. The standard InChI is InChI=1S/C20H19N3O/c1-15-5-7-16(8-6-15)20(24)23-18-11-9-17(10-12-18)22-14-19-4-2-3-13-21-19/h2-13,22H,14H2,1H3,(H,23,24). The topological polar surface area (TPSA) is 54.0 Å². The molecule has 4 heteroatoms. The van der Waals surface area contributed by atoms with Crippen molar-refractivity contribution >= 4 is 17.3 Å². The van der Waals surface area contributed by atoms with Gasteiger partial charge in [0.05, 0.1) is 12.2 Å². The second kappa shape index (κ2) is 7.42. The third-order valence-corrected chi connectivity index (χ3v) is 3.66. The maximum atomic E-state index is 12.2. The van der Waals surface area contributed by atoms with Gasteiger partial charge in [-0.05, 0) is 55.5 Å². The summed E-state index contributed by atoms with van der Waals surface area (Å²) in [5.41, 5.74) is 4.51. The molecule has 0 saturated carbocycles. The Balaban J connectivity index is 1.58. The number of aryl methyl sites for hydroxylation is 1. The van der Waals surface area contributed by atoms with Crippen molar-refractivity contribution in [1.82, 2.24) is 4.98 Å². The highest BCUT2D eigenvalue weighted by Gasteiger charge is 2.05. The van der Waals surface area contributed by atoms with Crippen molar-refractivity contribution in [3.63, 3.8) is 0 Å². The van der Waals surface area contributed by atoms with Crippen molar-refractivity contribution in [2.24, 2.45) is 0 Å². The molecule has 1 amide bonds. The summed E-state index contributed by atoms with van der Waals surface area (Å²) in [6, 6.07) is 21.0. The number of aromatic nitrogens is 1. The molecule has 0 spiro atoms. The summed E-state index contributed by atoms with van der Waals surface area (Å²) in [7, 11) is 0. The first-order valence-electron chi connectivity index (χ1n) is 7.82. The first-order chi connectivity index (χ1) is 11.7. The summed E-state index contributed by atoms with van der Waals surface area (Å²) in [5.74, 6) is -0.107. The SMILES string of the molecule is Cc1ccc(C(=O)Nc2ccc(NCc3ccccn3)cc2)cc1. The minimum absolute atomic E-state index is 0.107. The number of benzene rings is 2. The van der Waals surface area contributed by atoms with Gasteiger partial charge in [0.1, 0.15) is 0 Å². The second-order valence-corrected chi connectivity index (χ2v) is 5.57. The predicted molar refractivity (Wildman–Crippen MR) is 97.1 cm³/mol. The molecule has 3 rings (SSSR count). The Bertz CT molecular complexity index is 797. The largest absolute Gasteiger partial charge is 0.379 e. The average Bonchev–Trinajstić information content (AvgIpc) is 2.62. The smallest absolute Gasteiger partial charge is 0.255 e. The van der Waals surface area contributed by atoms with Crippen LogP contribution in [-0.2, 0) is 6.54 Å². The summed E-state index contributed by atoms with van der Waals surface area (Å²) >= 11 is 0. The van der Waals surface area contributed by atoms with E-state index in [0.717, 1.165) is 22.6 Å². The fraction of sp³-hybridized carbons (Fsp3) is 0.100. The van der Waals surface area contributed by atoms with Gasteiger partial charge in [0, 0.05) is 23.1 Å². The lowest BCUT2D eigenvalue weighted by molar-refractivity contribution is 0.102. The van der Waals surface area contributed by atoms with Crippen molar-refractivity contribution in [3.8, 4) is 0 Å². The van der Waals surface area contributed by atoms with Crippen LogP contribution in [-0.4, -0.2) is 10.9 Å². The summed E-state index contributed by atoms with van der Waals surface area (Å²) in [6.45, 7) is 2.66. The molecule has 3 aromatic rings. The molecule has 120 valence electrons. The third-order valence-electron chi connectivity index (χ3n) is 3.66. The van der Waals surface area contributed by atoms with Gasteiger partial charge in [0.15, 0.2) is 0 Å². The van der Waals surface area contributed by atoms with Gasteiger partial charge < -0.3 is 10.6 Å². The van der Waals surface area contributed by atoms with E-state index in [9.17, 15) is 4.79 Å². The molecule has 1 aromatic heterocycles. The number of hydrogen-bond donors (Lipinski definition) is 2. The Morgan fingerprint density at radius 1 is 0.917 bits per heavy atom. The lowest BCUT2D eigenvalue weighted by atomic mass is 10.1. The van der Waals surface area contributed by atoms with Crippen LogP contribution >= 0.6 is 0 Å². The molecule has 2 N–H and O–H groups in total. The molecule has 0 atom stereocenters. The molecule has 0 aliphatic heterocycles. The number of nitrogens with zero attached hydrogens (tertiary/aromatic N) is 1. The molecule has 0 saturated heterocycles. The van der Waals surface area contributed by atoms with E-state index in [1.165, 1.54) is 0 Å². The molecule has 4 nitrogen and oxygen atoms in total. The predicted octanol–water partition coefficient (Wildman–Crippen LogP) is 4.25. The van der Waals surface area contributed by atoms with E-state index in [2.05, 4.69) is 15.6 Å². The van der Waals surface area contributed by atoms with E-state index in [4.69, 9.17) is 0 Å². The van der Waals surface area contributed by atoms with Crippen LogP contribution in [0.2, 0.25) is 0 Å². The van der Waals surface area contributed by atoms with E-state index in [0.29, 0.717) is 12.1 Å². The Morgan fingerprint density at radius 3 is 2.29 bits per heavy atom. The van der Waals surface area contributed by atoms with E-state index in [1.54, 1.807) is 6.20 Å². The average molecular weight is 317 g/mol. The van der Waals surface area contributed by atoms with Crippen LogP contribution in [0.25, 0.3) is 0 Å². The maximum Gasteiger partial charge on any atom is 0.255 e. The summed E-state index contributed by atoms with van der Waals surface area (Å²) in [4.78, 5) is 16.5. The monoisotopic (exact) mass is 317 g/mol. The molecule has 0 aliphatic carbocycles. The van der Waals surface area contributed by atoms with Crippen LogP contribution in [0.4, 0.5) is 11.4 Å². The van der Waals surface area contributed by atoms with Gasteiger partial charge in [-0.1, -0.05) is 23.8 Å². The number of amides is 1. The van der Waals surface area contributed by atoms with E-state index in [-0.39, 0.29) is 5.91 Å². The number of pyridine rings is 1. The van der Waals surface area contributed by atoms with Crippen LogP contribution in [0.5, 0.6) is 0 Å². The fourth-order valence-electron chi connectivity index (χ4n) is 2.27. The van der Waals surface area contributed by atoms with Crippen molar-refractivity contribution in [3.05, 3.63) is 89.7 Å². The Labute approximate surface area is 141 Å². The summed E-state index contributed by atoms with van der Waals surface area (Å²) in [5, 5.41) is 6.20. The fourth-order valence-corrected chi connectivity index (χ4v) is 2.27. The number of rotatable bonds is 5. The Hall–Kier alpha value is -3.14. The van der Waals surface area contributed by atoms with Gasteiger partial charge in [-0.2, -0.15) is 0 Å². The molecular weight excluding hydrogens is 298 g/mol. The van der Waals surface area contributed by atoms with Crippen LogP contribution in [0.3, 0.4) is 0 Å². The van der Waals surface area contributed by atoms with Crippen LogP contribution < -0.4 is 10.6 Å². The van der Waals surface area contributed by atoms with Crippen LogP contribution in [0.15, 0.2) is 72.9 Å². The number of carbonyl (C=O) groups is 1. The summed E-state index contributed by atoms with van der Waals surface area (Å²) in [6.07, 6.45) is 1.78. The van der Waals surface area contributed by atoms with Gasteiger partial charge in [-0.25, -0.2) is 0 Å². The highest BCUT2D eigenvalue weighted by Crippen LogP contribution is 2.15. The molecule has 0 fully saturated rings. The first kappa shape index (κ1) is 15.7. The van der Waals surface area contributed by atoms with Crippen LogP contribution in [0.1, 0.15) is 21.6 Å². The third kappa shape index (κ3) is 4.20. The lowest BCUT2D eigenvalue weighted by Gasteiger charge is -2.09. The summed E-state index contributed by atoms with van der Waals surface area (Å²) < 4.78 is 0. The maximum absolute atomic E-state index is 12.2. The minimum Gasteiger partial charge on any atom is -0.379 e. The normalized spacial score (nSPS) is 10.2. The van der Waals surface area contributed by atoms with Gasteiger partial charge in [-0.3, -0.25) is 9.78 Å². The minimum atomic E-state index is -0.107. The molecule has 24 heavy (non-hydrogen) atoms. The van der Waals surface area contributed by atoms with Gasteiger partial charge >= 0.3 is 0 Å². The number of nitrogens with one attached hydrogen (secondary N) is 2. The second-order valence-electron chi connectivity index (χ2n) is 5.57. The number of hydrogen-bond acceptors (Lipinski definition) is 3. The number of carbonyl (C=O) groups excluding carboxylic acids is 1. The van der Waals surface area contributed by atoms with E-state index < -0.39 is 0 Å². The molecule has 0 unspecified atom stereocenters.